The molecule has 0 fully saturated rings. The van der Waals surface area contributed by atoms with Gasteiger partial charge in [0.25, 0.3) is 6.69 Å². The Morgan fingerprint density at radius 2 is 0.839 bits per heavy atom. The quantitative estimate of drug-likeness (QED) is 0.247. The van der Waals surface area contributed by atoms with Crippen molar-refractivity contribution in [3.05, 3.63) is 24.6 Å². The maximum Gasteiger partial charge on any atom is 0.255 e. The van der Waals surface area contributed by atoms with Crippen LogP contribution < -0.4 is 0 Å². The van der Waals surface area contributed by atoms with Gasteiger partial charge in [-0.1, -0.05) is 104 Å². The van der Waals surface area contributed by atoms with Crippen LogP contribution in [0.4, 0.5) is 0 Å². The molecule has 0 N–H and O–H groups in total. The summed E-state index contributed by atoms with van der Waals surface area (Å²) in [5, 5.41) is 0. The van der Waals surface area contributed by atoms with E-state index in [-0.39, 0.29) is 9.12 Å². The topological polar surface area (TPSA) is 6.48 Å². The smallest absolute Gasteiger partial charge is 0.255 e. The van der Waals surface area contributed by atoms with E-state index in [4.69, 9.17) is 22.2 Å². The first-order chi connectivity index (χ1) is 13.5. The molecule has 2 aliphatic heterocycles. The molecule has 0 saturated heterocycles. The summed E-state index contributed by atoms with van der Waals surface area (Å²) in [6, 6.07) is 0. The van der Waals surface area contributed by atoms with Crippen LogP contribution in [0.5, 0.6) is 0 Å². The number of halogens is 2. The van der Waals surface area contributed by atoms with Crippen LogP contribution in [0.2, 0.25) is 101 Å². The van der Waals surface area contributed by atoms with Crippen molar-refractivity contribution in [2.45, 2.75) is 101 Å². The molecule has 0 aromatic heterocycles. The van der Waals surface area contributed by atoms with E-state index >= 15 is 0 Å². The van der Waals surface area contributed by atoms with Crippen LogP contribution in [-0.4, -0.2) is 62.0 Å². The molecule has 0 aromatic carbocycles. The Bertz CT molecular complexity index is 705. The first-order valence-corrected chi connectivity index (χ1v) is 29.8. The average Bonchev–Trinajstić information content (AvgIpc) is 3.04. The van der Waals surface area contributed by atoms with E-state index in [1.165, 1.54) is 0 Å². The maximum atomic E-state index is 8.10. The van der Waals surface area contributed by atoms with E-state index in [0.717, 1.165) is 0 Å². The van der Waals surface area contributed by atoms with Gasteiger partial charge in [-0.3, -0.25) is 0 Å². The number of rotatable bonds is 6. The fraction of sp³-hybridized carbons (Fsp3) is 0.800. The molecule has 176 valence electrons. The van der Waals surface area contributed by atoms with Crippen molar-refractivity contribution in [2.24, 2.45) is 0 Å². The zero-order chi connectivity index (χ0) is 24.6. The van der Waals surface area contributed by atoms with Crippen LogP contribution in [0.25, 0.3) is 0 Å². The average molecular weight is 548 g/mol. The van der Waals surface area contributed by atoms with Crippen LogP contribution in [0.1, 0.15) is 0 Å². The lowest BCUT2D eigenvalue weighted by Crippen LogP contribution is -2.73. The third-order valence-corrected chi connectivity index (χ3v) is 34.2. The zero-order valence-electron chi connectivity index (χ0n) is 22.6. The summed E-state index contributed by atoms with van der Waals surface area (Å²) in [7, 11) is -6.70. The summed E-state index contributed by atoms with van der Waals surface area (Å²) in [6.45, 7) is 32.4. The van der Waals surface area contributed by atoms with Crippen molar-refractivity contribution in [3.8, 4) is 0 Å². The van der Waals surface area contributed by atoms with E-state index < -0.39 is 39.3 Å². The van der Waals surface area contributed by atoms with Gasteiger partial charge >= 0.3 is 0 Å². The third kappa shape index (κ3) is 3.94. The lowest BCUT2D eigenvalue weighted by molar-refractivity contribution is 0.864. The minimum absolute atomic E-state index is 0.0995. The minimum Gasteiger partial charge on any atom is -0.449 e. The van der Waals surface area contributed by atoms with Crippen LogP contribution in [0.3, 0.4) is 0 Å². The van der Waals surface area contributed by atoms with Gasteiger partial charge in [0.15, 0.2) is 0 Å². The summed E-state index contributed by atoms with van der Waals surface area (Å²) in [4.78, 5) is 0. The van der Waals surface area contributed by atoms with E-state index in [0.29, 0.717) is 13.7 Å². The molecule has 2 nitrogen and oxygen atoms in total. The summed E-state index contributed by atoms with van der Waals surface area (Å²) in [5.41, 5.74) is 0. The molecule has 2 unspecified atom stereocenters. The lowest BCUT2D eigenvalue weighted by atomic mass is 9.61. The van der Waals surface area contributed by atoms with Crippen LogP contribution in [0.15, 0.2) is 24.6 Å². The second kappa shape index (κ2) is 7.95. The van der Waals surface area contributed by atoms with Crippen molar-refractivity contribution in [1.29, 1.82) is 0 Å². The highest BCUT2D eigenvalue weighted by Crippen LogP contribution is 2.70. The first kappa shape index (κ1) is 28.1. The van der Waals surface area contributed by atoms with Crippen molar-refractivity contribution in [2.75, 3.05) is 0 Å². The highest BCUT2D eigenvalue weighted by atomic mass is 35.7. The molecule has 31 heavy (non-hydrogen) atoms. The molecule has 11 heteroatoms. The van der Waals surface area contributed by atoms with E-state index in [9.17, 15) is 0 Å². The second-order valence-electron chi connectivity index (χ2n) is 14.0. The molecule has 0 aliphatic carbocycles. The standard InChI is InChI=1S/C20H46B2Cl2N2Si5/c1-21-19(27(3,4)5,15-17-25(21)29(9,10)11)31(23,24)20(28(6,7)8)16-18-26(22(20)2)30(12,13)14/h15-18H,1-14H3. The largest absolute Gasteiger partial charge is 0.449 e. The number of allylic oxidation sites excluding steroid dienone is 2. The van der Waals surface area contributed by atoms with Crippen molar-refractivity contribution in [3.63, 3.8) is 0 Å². The van der Waals surface area contributed by atoms with Crippen LogP contribution >= 0.6 is 22.2 Å². The second-order valence-corrected chi connectivity index (χ2v) is 42.1. The van der Waals surface area contributed by atoms with Gasteiger partial charge in [0.2, 0.25) is 13.7 Å². The maximum absolute atomic E-state index is 8.10. The summed E-state index contributed by atoms with van der Waals surface area (Å²) >= 11 is 16.2. The van der Waals surface area contributed by atoms with E-state index in [1.807, 2.05) is 0 Å². The Balaban J connectivity index is 2.84. The van der Waals surface area contributed by atoms with E-state index in [1.54, 1.807) is 0 Å². The Morgan fingerprint density at radius 3 is 1.00 bits per heavy atom. The summed E-state index contributed by atoms with van der Waals surface area (Å²) in [5.74, 6) is 0. The molecule has 0 aromatic rings. The van der Waals surface area contributed by atoms with Gasteiger partial charge < -0.3 is 8.95 Å². The molecule has 0 bridgehead atoms. The zero-order valence-corrected chi connectivity index (χ0v) is 29.1. The summed E-state index contributed by atoms with van der Waals surface area (Å²) in [6.07, 6.45) is 9.85. The molecular weight excluding hydrogens is 501 g/mol. The van der Waals surface area contributed by atoms with Crippen molar-refractivity contribution < 1.29 is 0 Å². The number of hydrogen-bond acceptors (Lipinski definition) is 2. The molecule has 2 atom stereocenters. The Morgan fingerprint density at radius 1 is 0.581 bits per heavy atom. The highest BCUT2D eigenvalue weighted by molar-refractivity contribution is 7.58. The fourth-order valence-electron chi connectivity index (χ4n) is 6.75. The Hall–Kier alpha value is 0.874. The van der Waals surface area contributed by atoms with Gasteiger partial charge in [-0.25, -0.2) is 0 Å². The predicted octanol–water partition coefficient (Wildman–Crippen LogP) is 7.79. The Labute approximate surface area is 209 Å². The monoisotopic (exact) mass is 546 g/mol. The molecular formula is C20H46B2Cl2N2Si5. The number of nitrogens with zero attached hydrogens (tertiary/aromatic N) is 2. The molecule has 0 spiro atoms. The van der Waals surface area contributed by atoms with Crippen LogP contribution in [0, 0.1) is 0 Å². The molecule has 0 saturated carbocycles. The van der Waals surface area contributed by atoms with Crippen molar-refractivity contribution >= 4 is 75.2 Å². The lowest BCUT2D eigenvalue weighted by Gasteiger charge is -2.60. The predicted molar refractivity (Wildman–Crippen MR) is 161 cm³/mol. The molecule has 2 aliphatic rings. The van der Waals surface area contributed by atoms with Crippen molar-refractivity contribution in [1.82, 2.24) is 8.95 Å². The minimum atomic E-state index is -2.92. The first-order valence-electron chi connectivity index (χ1n) is 11.8. The van der Waals surface area contributed by atoms with Gasteiger partial charge in [-0.15, -0.1) is 22.2 Å². The van der Waals surface area contributed by atoms with Crippen LogP contribution in [-0.2, 0) is 0 Å². The normalized spacial score (nSPS) is 28.4. The van der Waals surface area contributed by atoms with Gasteiger partial charge in [-0.2, -0.15) is 0 Å². The number of hydrogen-bond donors (Lipinski definition) is 0. The summed E-state index contributed by atoms with van der Waals surface area (Å²) < 4.78 is 5.15. The van der Waals surface area contributed by atoms with Gasteiger partial charge in [0.05, 0.1) is 0 Å². The highest BCUT2D eigenvalue weighted by Gasteiger charge is 2.77. The third-order valence-electron chi connectivity index (χ3n) is 8.22. The SMILES string of the molecule is CB1N([Si](C)(C)C)C=CC1([Si](C)(C)C)[Si](Cl)(Cl)C1([Si](C)(C)C)C=CN([Si](C)(C)C)B1C. The fourth-order valence-corrected chi connectivity index (χ4v) is 39.6. The molecule has 2 heterocycles. The molecule has 0 radical (unpaired) electrons. The Kier molecular flexibility index (Phi) is 7.21. The van der Waals surface area contributed by atoms with Gasteiger partial charge in [0, 0.05) is 25.3 Å². The molecule has 0 amide bonds. The van der Waals surface area contributed by atoms with Gasteiger partial charge in [-0.05, 0) is 12.4 Å². The molecule has 2 rings (SSSR count). The van der Waals surface area contributed by atoms with E-state index in [2.05, 4.69) is 126 Å². The van der Waals surface area contributed by atoms with Gasteiger partial charge in [0.1, 0.15) is 16.5 Å².